The molecular weight excluding hydrogens is 269 g/mol. The summed E-state index contributed by atoms with van der Waals surface area (Å²) < 4.78 is 41.7. The number of carbonyl (C=O) groups is 2. The van der Waals surface area contributed by atoms with Gasteiger partial charge < -0.3 is 14.7 Å². The first-order valence-electron chi connectivity index (χ1n) is 5.70. The summed E-state index contributed by atoms with van der Waals surface area (Å²) in [5.41, 5.74) is -1.15. The third-order valence-electron chi connectivity index (χ3n) is 3.49. The molecule has 0 saturated carbocycles. The van der Waals surface area contributed by atoms with Crippen molar-refractivity contribution in [2.45, 2.75) is 11.7 Å². The van der Waals surface area contributed by atoms with E-state index in [-0.39, 0.29) is 39.4 Å². The number of amides is 1. The maximum Gasteiger partial charge on any atom is 0.471 e. The number of hydrogen-bond donors (Lipinski definition) is 1. The van der Waals surface area contributed by atoms with E-state index in [2.05, 4.69) is 0 Å². The van der Waals surface area contributed by atoms with Gasteiger partial charge in [-0.1, -0.05) is 0 Å². The van der Waals surface area contributed by atoms with Gasteiger partial charge in [-0.2, -0.15) is 13.2 Å². The third kappa shape index (κ3) is 2.39. The Hall–Kier alpha value is -1.35. The van der Waals surface area contributed by atoms with E-state index in [1.54, 1.807) is 4.90 Å². The maximum atomic E-state index is 12.3. The summed E-state index contributed by atoms with van der Waals surface area (Å²) >= 11 is 0. The summed E-state index contributed by atoms with van der Waals surface area (Å²) in [6.07, 6.45) is -4.88. The molecule has 2 aliphatic rings. The molecule has 2 saturated heterocycles. The third-order valence-corrected chi connectivity index (χ3v) is 3.49. The Kier molecular flexibility index (Phi) is 3.43. The van der Waals surface area contributed by atoms with E-state index in [1.807, 2.05) is 0 Å². The van der Waals surface area contributed by atoms with Crippen LogP contribution in [0.5, 0.6) is 0 Å². The van der Waals surface area contributed by atoms with Crippen molar-refractivity contribution < 1.29 is 32.6 Å². The van der Waals surface area contributed by atoms with Crippen molar-refractivity contribution in [1.29, 1.82) is 0 Å². The number of carboxylic acid groups (broad SMARTS) is 1. The molecule has 1 N–H and O–H groups in total. The van der Waals surface area contributed by atoms with Crippen molar-refractivity contribution in [2.75, 3.05) is 39.4 Å². The molecule has 19 heavy (non-hydrogen) atoms. The molecule has 2 heterocycles. The van der Waals surface area contributed by atoms with Gasteiger partial charge in [-0.15, -0.1) is 0 Å². The van der Waals surface area contributed by atoms with Gasteiger partial charge >= 0.3 is 18.1 Å². The van der Waals surface area contributed by atoms with E-state index in [0.29, 0.717) is 4.90 Å². The van der Waals surface area contributed by atoms with Crippen LogP contribution < -0.4 is 0 Å². The number of piperazine rings is 1. The number of alkyl halides is 3. The number of aliphatic carboxylic acids is 1. The van der Waals surface area contributed by atoms with Gasteiger partial charge in [-0.3, -0.25) is 14.5 Å². The molecule has 0 spiro atoms. The van der Waals surface area contributed by atoms with Crippen LogP contribution in [0.4, 0.5) is 13.2 Å². The minimum absolute atomic E-state index is 0.0234. The summed E-state index contributed by atoms with van der Waals surface area (Å²) in [5.74, 6) is -2.92. The monoisotopic (exact) mass is 282 g/mol. The predicted molar refractivity (Wildman–Crippen MR) is 55.4 cm³/mol. The number of ether oxygens (including phenoxy) is 1. The molecule has 2 fully saturated rings. The van der Waals surface area contributed by atoms with Crippen LogP contribution in [0.3, 0.4) is 0 Å². The molecule has 0 bridgehead atoms. The second-order valence-electron chi connectivity index (χ2n) is 4.61. The zero-order valence-electron chi connectivity index (χ0n) is 9.94. The lowest BCUT2D eigenvalue weighted by atomic mass is 9.94. The Bertz CT molecular complexity index is 387. The molecule has 0 aromatic heterocycles. The molecule has 1 amide bonds. The predicted octanol–water partition coefficient (Wildman–Crippen LogP) is -0.453. The summed E-state index contributed by atoms with van der Waals surface area (Å²) in [6.45, 7) is -0.0270. The van der Waals surface area contributed by atoms with Crippen LogP contribution in [0.1, 0.15) is 0 Å². The van der Waals surface area contributed by atoms with Gasteiger partial charge in [0.1, 0.15) is 0 Å². The van der Waals surface area contributed by atoms with Crippen molar-refractivity contribution in [2.24, 2.45) is 0 Å². The van der Waals surface area contributed by atoms with Gasteiger partial charge in [0.05, 0.1) is 13.2 Å². The van der Waals surface area contributed by atoms with Crippen molar-refractivity contribution in [3.63, 3.8) is 0 Å². The fourth-order valence-electron chi connectivity index (χ4n) is 2.25. The number of halogens is 3. The average Bonchev–Trinajstić information content (AvgIpc) is 2.25. The van der Waals surface area contributed by atoms with Gasteiger partial charge in [-0.25, -0.2) is 0 Å². The zero-order valence-corrected chi connectivity index (χ0v) is 9.94. The van der Waals surface area contributed by atoms with Crippen molar-refractivity contribution >= 4 is 11.9 Å². The molecule has 0 aliphatic carbocycles. The Balaban J connectivity index is 1.96. The minimum atomic E-state index is -4.88. The molecule has 0 radical (unpaired) electrons. The molecule has 0 aromatic carbocycles. The highest BCUT2D eigenvalue weighted by molar-refractivity contribution is 5.82. The first-order valence-corrected chi connectivity index (χ1v) is 5.70. The number of nitrogens with zero attached hydrogens (tertiary/aromatic N) is 2. The van der Waals surface area contributed by atoms with E-state index >= 15 is 0 Å². The summed E-state index contributed by atoms with van der Waals surface area (Å²) in [5, 5.41) is 9.16. The van der Waals surface area contributed by atoms with Crippen LogP contribution in [-0.2, 0) is 14.3 Å². The number of hydrogen-bond acceptors (Lipinski definition) is 4. The zero-order chi connectivity index (χ0) is 14.3. The van der Waals surface area contributed by atoms with E-state index in [1.165, 1.54) is 0 Å². The van der Waals surface area contributed by atoms with E-state index in [0.717, 1.165) is 0 Å². The van der Waals surface area contributed by atoms with Gasteiger partial charge in [-0.05, 0) is 0 Å². The summed E-state index contributed by atoms with van der Waals surface area (Å²) in [4.78, 5) is 24.5. The molecule has 2 aliphatic heterocycles. The van der Waals surface area contributed by atoms with Crippen molar-refractivity contribution in [3.05, 3.63) is 0 Å². The normalized spacial score (nSPS) is 23.8. The average molecular weight is 282 g/mol. The molecule has 2 rings (SSSR count). The summed E-state index contributed by atoms with van der Waals surface area (Å²) in [6, 6.07) is 0. The van der Waals surface area contributed by atoms with Crippen molar-refractivity contribution in [3.8, 4) is 0 Å². The Morgan fingerprint density at radius 3 is 1.95 bits per heavy atom. The fraction of sp³-hybridized carbons (Fsp3) is 0.800. The SMILES string of the molecule is O=C(N1CCN(C2(C(=O)O)COC2)CC1)C(F)(F)F. The fourth-order valence-corrected chi connectivity index (χ4v) is 2.25. The van der Waals surface area contributed by atoms with Crippen LogP contribution in [0.15, 0.2) is 0 Å². The van der Waals surface area contributed by atoms with E-state index in [9.17, 15) is 22.8 Å². The first-order chi connectivity index (χ1) is 8.77. The standard InChI is InChI=1S/C10H13F3N2O4/c11-10(12,13)7(16)14-1-3-15(4-2-14)9(8(17)18)5-19-6-9/h1-6H2,(H,17,18). The number of carboxylic acids is 1. The number of rotatable bonds is 2. The van der Waals surface area contributed by atoms with Gasteiger partial charge in [0.25, 0.3) is 0 Å². The molecule has 9 heteroatoms. The van der Waals surface area contributed by atoms with Crippen LogP contribution in [0.2, 0.25) is 0 Å². The highest BCUT2D eigenvalue weighted by atomic mass is 19.4. The Morgan fingerprint density at radius 1 is 1.11 bits per heavy atom. The second kappa shape index (κ2) is 4.64. The van der Waals surface area contributed by atoms with Gasteiger partial charge in [0, 0.05) is 26.2 Å². The topological polar surface area (TPSA) is 70.1 Å². The highest BCUT2D eigenvalue weighted by Gasteiger charge is 2.53. The molecule has 0 aromatic rings. The lowest BCUT2D eigenvalue weighted by molar-refractivity contribution is -0.198. The van der Waals surface area contributed by atoms with Crippen LogP contribution in [0, 0.1) is 0 Å². The van der Waals surface area contributed by atoms with E-state index in [4.69, 9.17) is 9.84 Å². The summed E-state index contributed by atoms with van der Waals surface area (Å²) in [7, 11) is 0. The minimum Gasteiger partial charge on any atom is -0.480 e. The maximum absolute atomic E-state index is 12.3. The lowest BCUT2D eigenvalue weighted by Crippen LogP contribution is -2.70. The van der Waals surface area contributed by atoms with E-state index < -0.39 is 23.6 Å². The lowest BCUT2D eigenvalue weighted by Gasteiger charge is -2.49. The number of carbonyl (C=O) groups excluding carboxylic acids is 1. The Labute approximate surface area is 106 Å². The quantitative estimate of drug-likeness (QED) is 0.742. The van der Waals surface area contributed by atoms with Gasteiger partial charge in [0.15, 0.2) is 5.54 Å². The van der Waals surface area contributed by atoms with Crippen LogP contribution >= 0.6 is 0 Å². The second-order valence-corrected chi connectivity index (χ2v) is 4.61. The smallest absolute Gasteiger partial charge is 0.471 e. The Morgan fingerprint density at radius 2 is 1.63 bits per heavy atom. The largest absolute Gasteiger partial charge is 0.480 e. The molecular formula is C10H13F3N2O4. The van der Waals surface area contributed by atoms with Crippen LogP contribution in [-0.4, -0.2) is 77.9 Å². The first kappa shape index (κ1) is 14.1. The molecule has 0 atom stereocenters. The highest BCUT2D eigenvalue weighted by Crippen LogP contribution is 2.28. The molecule has 6 nitrogen and oxygen atoms in total. The molecule has 108 valence electrons. The van der Waals surface area contributed by atoms with Crippen LogP contribution in [0.25, 0.3) is 0 Å². The van der Waals surface area contributed by atoms with Gasteiger partial charge in [0.2, 0.25) is 0 Å². The molecule has 0 unspecified atom stereocenters. The van der Waals surface area contributed by atoms with Crippen molar-refractivity contribution in [1.82, 2.24) is 9.80 Å².